The van der Waals surface area contributed by atoms with E-state index in [-0.39, 0.29) is 36.3 Å². The zero-order chi connectivity index (χ0) is 20.0. The molecule has 2 aliphatic rings. The molecule has 0 saturated carbocycles. The second-order valence-corrected chi connectivity index (χ2v) is 9.15. The minimum absolute atomic E-state index is 0. The van der Waals surface area contributed by atoms with Gasteiger partial charge in [-0.1, -0.05) is 6.07 Å². The summed E-state index contributed by atoms with van der Waals surface area (Å²) >= 11 is 1.63. The Kier molecular flexibility index (Phi) is 7.33. The standard InChI is InChI=1S/C22H26N4O2S.2ClH/c1-14-25-17-11-15(3-4-18(17)26(14)2)13-24-21(27)20-12-16-19(29-20)5-10-28-22(16)6-8-23-9-7-22;;/h3-4,11-12,23H,5-10,13H2,1-2H3,(H,24,27);2*1H. The molecule has 2 aromatic heterocycles. The van der Waals surface area contributed by atoms with Crippen LogP contribution in [0.5, 0.6) is 0 Å². The van der Waals surface area contributed by atoms with Crippen LogP contribution in [0.25, 0.3) is 11.0 Å². The predicted molar refractivity (Wildman–Crippen MR) is 129 cm³/mol. The van der Waals surface area contributed by atoms with E-state index in [9.17, 15) is 4.79 Å². The zero-order valence-corrected chi connectivity index (χ0v) is 20.1. The van der Waals surface area contributed by atoms with Gasteiger partial charge in [0.15, 0.2) is 0 Å². The first-order chi connectivity index (χ1) is 14.1. The number of hydrogen-bond donors (Lipinski definition) is 2. The molecule has 3 aromatic rings. The maximum Gasteiger partial charge on any atom is 0.261 e. The highest BCUT2D eigenvalue weighted by molar-refractivity contribution is 7.14. The van der Waals surface area contributed by atoms with Crippen molar-refractivity contribution in [1.29, 1.82) is 0 Å². The highest BCUT2D eigenvalue weighted by Crippen LogP contribution is 2.43. The molecule has 168 valence electrons. The Labute approximate surface area is 198 Å². The Morgan fingerprint density at radius 2 is 2.06 bits per heavy atom. The van der Waals surface area contributed by atoms with E-state index in [1.807, 2.05) is 14.0 Å². The smallest absolute Gasteiger partial charge is 0.261 e. The van der Waals surface area contributed by atoms with Gasteiger partial charge in [0.05, 0.1) is 28.1 Å². The van der Waals surface area contributed by atoms with E-state index in [4.69, 9.17) is 4.74 Å². The Balaban J connectivity index is 0.00000136. The Hall–Kier alpha value is -1.64. The van der Waals surface area contributed by atoms with Crippen molar-refractivity contribution in [1.82, 2.24) is 20.2 Å². The fourth-order valence-corrected chi connectivity index (χ4v) is 5.67. The van der Waals surface area contributed by atoms with E-state index in [1.165, 1.54) is 10.4 Å². The summed E-state index contributed by atoms with van der Waals surface area (Å²) in [6, 6.07) is 8.25. The summed E-state index contributed by atoms with van der Waals surface area (Å²) in [4.78, 5) is 19.5. The van der Waals surface area contributed by atoms with Crippen molar-refractivity contribution in [3.05, 3.63) is 51.0 Å². The van der Waals surface area contributed by atoms with E-state index in [1.54, 1.807) is 11.3 Å². The molecule has 5 rings (SSSR count). The third kappa shape index (κ3) is 4.34. The molecular weight excluding hydrogens is 455 g/mol. The Morgan fingerprint density at radius 1 is 1.29 bits per heavy atom. The van der Waals surface area contributed by atoms with Crippen molar-refractivity contribution < 1.29 is 9.53 Å². The number of carbonyl (C=O) groups excluding carboxylic acids is 1. The molecule has 1 spiro atoms. The number of ether oxygens (including phenoxy) is 1. The fourth-order valence-electron chi connectivity index (χ4n) is 4.52. The number of hydrogen-bond acceptors (Lipinski definition) is 5. The van der Waals surface area contributed by atoms with Gasteiger partial charge in [0.25, 0.3) is 5.91 Å². The van der Waals surface area contributed by atoms with Gasteiger partial charge in [0.1, 0.15) is 5.82 Å². The minimum Gasteiger partial charge on any atom is -0.370 e. The number of halogens is 2. The van der Waals surface area contributed by atoms with Crippen LogP contribution in [0, 0.1) is 6.92 Å². The van der Waals surface area contributed by atoms with Gasteiger partial charge in [-0.2, -0.15) is 0 Å². The van der Waals surface area contributed by atoms with Crippen LogP contribution in [0.4, 0.5) is 0 Å². The summed E-state index contributed by atoms with van der Waals surface area (Å²) in [6.07, 6.45) is 2.85. The summed E-state index contributed by atoms with van der Waals surface area (Å²) < 4.78 is 8.31. The lowest BCUT2D eigenvalue weighted by Gasteiger charge is -2.40. The molecule has 4 heterocycles. The van der Waals surface area contributed by atoms with Gasteiger partial charge >= 0.3 is 0 Å². The third-order valence-corrected chi connectivity index (χ3v) is 7.46. The van der Waals surface area contributed by atoms with E-state index in [0.29, 0.717) is 6.54 Å². The van der Waals surface area contributed by atoms with Crippen molar-refractivity contribution in [2.45, 2.75) is 38.3 Å². The number of piperidine rings is 1. The molecule has 1 amide bonds. The number of carbonyl (C=O) groups is 1. The van der Waals surface area contributed by atoms with E-state index in [0.717, 1.165) is 66.3 Å². The van der Waals surface area contributed by atoms with Gasteiger partial charge in [0.2, 0.25) is 0 Å². The van der Waals surface area contributed by atoms with Crippen molar-refractivity contribution >= 4 is 53.1 Å². The summed E-state index contributed by atoms with van der Waals surface area (Å²) in [5, 5.41) is 6.50. The van der Waals surface area contributed by atoms with Gasteiger partial charge in [0, 0.05) is 24.9 Å². The molecule has 0 atom stereocenters. The van der Waals surface area contributed by atoms with Crippen LogP contribution >= 0.6 is 36.2 Å². The van der Waals surface area contributed by atoms with Gasteiger partial charge in [-0.3, -0.25) is 4.79 Å². The van der Waals surface area contributed by atoms with Crippen LogP contribution in [0.1, 0.15) is 44.3 Å². The average Bonchev–Trinajstić information content (AvgIpc) is 3.29. The van der Waals surface area contributed by atoms with Crippen LogP contribution in [-0.2, 0) is 30.4 Å². The van der Waals surface area contributed by atoms with Gasteiger partial charge in [-0.25, -0.2) is 4.98 Å². The molecule has 1 aromatic carbocycles. The predicted octanol–water partition coefficient (Wildman–Crippen LogP) is 3.87. The molecule has 6 nitrogen and oxygen atoms in total. The molecule has 2 aliphatic heterocycles. The number of amides is 1. The van der Waals surface area contributed by atoms with Crippen molar-refractivity contribution in [2.24, 2.45) is 7.05 Å². The Bertz CT molecular complexity index is 1090. The molecule has 0 unspecified atom stereocenters. The van der Waals surface area contributed by atoms with Crippen LogP contribution in [0.3, 0.4) is 0 Å². The summed E-state index contributed by atoms with van der Waals surface area (Å²) in [6.45, 7) is 5.17. The highest BCUT2D eigenvalue weighted by Gasteiger charge is 2.40. The molecule has 31 heavy (non-hydrogen) atoms. The topological polar surface area (TPSA) is 68.2 Å². The number of thiophene rings is 1. The first kappa shape index (κ1) is 24.0. The largest absolute Gasteiger partial charge is 0.370 e. The van der Waals surface area contributed by atoms with E-state index < -0.39 is 0 Å². The molecular formula is C22H28Cl2N4O2S. The molecule has 1 saturated heterocycles. The number of nitrogens with zero attached hydrogens (tertiary/aromatic N) is 2. The lowest BCUT2D eigenvalue weighted by atomic mass is 9.83. The van der Waals surface area contributed by atoms with Crippen molar-refractivity contribution in [2.75, 3.05) is 19.7 Å². The molecule has 0 radical (unpaired) electrons. The molecule has 0 bridgehead atoms. The summed E-state index contributed by atoms with van der Waals surface area (Å²) in [5.41, 5.74) is 4.17. The number of fused-ring (bicyclic) bond motifs is 3. The average molecular weight is 483 g/mol. The van der Waals surface area contributed by atoms with Gasteiger partial charge < -0.3 is 19.9 Å². The van der Waals surface area contributed by atoms with Crippen LogP contribution in [0.2, 0.25) is 0 Å². The lowest BCUT2D eigenvalue weighted by Crippen LogP contribution is -2.44. The first-order valence-electron chi connectivity index (χ1n) is 10.2. The quantitative estimate of drug-likeness (QED) is 0.594. The second kappa shape index (κ2) is 9.46. The van der Waals surface area contributed by atoms with E-state index in [2.05, 4.69) is 44.5 Å². The number of rotatable bonds is 3. The van der Waals surface area contributed by atoms with Crippen molar-refractivity contribution in [3.8, 4) is 0 Å². The first-order valence-corrected chi connectivity index (χ1v) is 11.1. The lowest BCUT2D eigenvalue weighted by molar-refractivity contribution is -0.0792. The molecule has 9 heteroatoms. The minimum atomic E-state index is -0.199. The Morgan fingerprint density at radius 3 is 2.84 bits per heavy atom. The van der Waals surface area contributed by atoms with E-state index >= 15 is 0 Å². The summed E-state index contributed by atoms with van der Waals surface area (Å²) in [7, 11) is 2.02. The zero-order valence-electron chi connectivity index (χ0n) is 17.7. The number of imidazole rings is 1. The molecule has 2 N–H and O–H groups in total. The van der Waals surface area contributed by atoms with Gasteiger partial charge in [-0.15, -0.1) is 36.2 Å². The monoisotopic (exact) mass is 482 g/mol. The normalized spacial score (nSPS) is 17.0. The number of aromatic nitrogens is 2. The molecule has 0 aliphatic carbocycles. The maximum atomic E-state index is 12.9. The third-order valence-electron chi connectivity index (χ3n) is 6.26. The summed E-state index contributed by atoms with van der Waals surface area (Å²) in [5.74, 6) is 0.977. The fraction of sp³-hybridized carbons (Fsp3) is 0.455. The SMILES string of the molecule is Cc1nc2cc(CNC(=O)c3cc4c(s3)CCOC43CCNCC3)ccc2n1C.Cl.Cl. The van der Waals surface area contributed by atoms with Crippen molar-refractivity contribution in [3.63, 3.8) is 0 Å². The number of aryl methyl sites for hydroxylation is 2. The number of benzene rings is 1. The number of nitrogens with one attached hydrogen (secondary N) is 2. The second-order valence-electron chi connectivity index (χ2n) is 8.01. The van der Waals surface area contributed by atoms with Crippen LogP contribution < -0.4 is 10.6 Å². The van der Waals surface area contributed by atoms with Crippen LogP contribution in [-0.4, -0.2) is 35.2 Å². The van der Waals surface area contributed by atoms with Gasteiger partial charge in [-0.05, 0) is 62.2 Å². The highest BCUT2D eigenvalue weighted by atomic mass is 35.5. The maximum absolute atomic E-state index is 12.9. The molecule has 1 fully saturated rings. The van der Waals surface area contributed by atoms with Crippen LogP contribution in [0.15, 0.2) is 24.3 Å².